The lowest BCUT2D eigenvalue weighted by Crippen LogP contribution is -2.24. The molecule has 2 rings (SSSR count). The van der Waals surface area contributed by atoms with E-state index in [2.05, 4.69) is 10.1 Å². The van der Waals surface area contributed by atoms with Gasteiger partial charge in [-0.1, -0.05) is 24.3 Å². The van der Waals surface area contributed by atoms with Crippen LogP contribution in [0, 0.1) is 0 Å². The van der Waals surface area contributed by atoms with Crippen molar-refractivity contribution in [3.05, 3.63) is 59.5 Å². The minimum Gasteiger partial charge on any atom is -0.472 e. The molecule has 0 bridgehead atoms. The van der Waals surface area contributed by atoms with E-state index in [-0.39, 0.29) is 18.3 Å². The molecule has 0 aliphatic carbocycles. The van der Waals surface area contributed by atoms with Crippen LogP contribution in [0.3, 0.4) is 0 Å². The van der Waals surface area contributed by atoms with Crippen molar-refractivity contribution in [3.8, 4) is 0 Å². The maximum atomic E-state index is 11.9. The highest BCUT2D eigenvalue weighted by molar-refractivity contribution is 5.76. The highest BCUT2D eigenvalue weighted by atomic mass is 16.5. The molecular formula is C17H19NO4. The van der Waals surface area contributed by atoms with Crippen molar-refractivity contribution in [2.45, 2.75) is 25.8 Å². The molecule has 1 aromatic carbocycles. The monoisotopic (exact) mass is 301 g/mol. The van der Waals surface area contributed by atoms with Gasteiger partial charge in [0.1, 0.15) is 0 Å². The van der Waals surface area contributed by atoms with Crippen LogP contribution in [0.5, 0.6) is 0 Å². The molecule has 116 valence electrons. The van der Waals surface area contributed by atoms with Gasteiger partial charge >= 0.3 is 5.97 Å². The molecule has 1 amide bonds. The Labute approximate surface area is 129 Å². The Morgan fingerprint density at radius 1 is 1.18 bits per heavy atom. The molecule has 5 nitrogen and oxygen atoms in total. The molecule has 0 unspecified atom stereocenters. The summed E-state index contributed by atoms with van der Waals surface area (Å²) >= 11 is 0. The minimum atomic E-state index is -0.293. The molecule has 0 radical (unpaired) electrons. The largest absolute Gasteiger partial charge is 0.472 e. The van der Waals surface area contributed by atoms with Crippen molar-refractivity contribution >= 4 is 11.9 Å². The van der Waals surface area contributed by atoms with Crippen LogP contribution in [0.2, 0.25) is 0 Å². The van der Waals surface area contributed by atoms with E-state index >= 15 is 0 Å². The third kappa shape index (κ3) is 4.77. The molecule has 1 N–H and O–H groups in total. The van der Waals surface area contributed by atoms with E-state index in [0.29, 0.717) is 19.4 Å². The van der Waals surface area contributed by atoms with Crippen LogP contribution in [0.15, 0.2) is 47.3 Å². The third-order valence-electron chi connectivity index (χ3n) is 3.38. The third-order valence-corrected chi connectivity index (χ3v) is 3.38. The van der Waals surface area contributed by atoms with Crippen molar-refractivity contribution < 1.29 is 18.7 Å². The molecule has 1 heterocycles. The number of carbonyl (C=O) groups is 2. The number of benzene rings is 1. The molecule has 2 aromatic rings. The number of aryl methyl sites for hydroxylation is 1. The maximum absolute atomic E-state index is 11.9. The first-order valence-electron chi connectivity index (χ1n) is 7.10. The molecule has 5 heteroatoms. The van der Waals surface area contributed by atoms with Crippen LogP contribution in [0.1, 0.15) is 23.1 Å². The molecule has 0 saturated carbocycles. The summed E-state index contributed by atoms with van der Waals surface area (Å²) < 4.78 is 9.64. The molecule has 0 saturated heterocycles. The van der Waals surface area contributed by atoms with Gasteiger partial charge in [0.15, 0.2) is 0 Å². The van der Waals surface area contributed by atoms with Crippen molar-refractivity contribution in [3.63, 3.8) is 0 Å². The van der Waals surface area contributed by atoms with E-state index < -0.39 is 0 Å². The predicted octanol–water partition coefficient (Wildman–Crippen LogP) is 2.24. The molecule has 0 aliphatic heterocycles. The number of ether oxygens (including phenoxy) is 1. The Hall–Kier alpha value is -2.56. The normalized spacial score (nSPS) is 10.2. The number of carbonyl (C=O) groups excluding carboxylic acids is 2. The van der Waals surface area contributed by atoms with Gasteiger partial charge in [0.05, 0.1) is 26.1 Å². The van der Waals surface area contributed by atoms with Crippen molar-refractivity contribution in [2.75, 3.05) is 7.11 Å². The standard InChI is InChI=1S/C17H19NO4/c1-21-17(20)10-14-4-2-3-5-15(14)11-18-16(19)7-6-13-8-9-22-12-13/h2-5,8-9,12H,6-7,10-11H2,1H3,(H,18,19). The molecular weight excluding hydrogens is 282 g/mol. The first kappa shape index (κ1) is 15.8. The van der Waals surface area contributed by atoms with Gasteiger partial charge < -0.3 is 14.5 Å². The summed E-state index contributed by atoms with van der Waals surface area (Å²) in [6.45, 7) is 0.400. The Morgan fingerprint density at radius 2 is 1.95 bits per heavy atom. The average molecular weight is 301 g/mol. The number of nitrogens with one attached hydrogen (secondary N) is 1. The van der Waals surface area contributed by atoms with Gasteiger partial charge in [0, 0.05) is 13.0 Å². The van der Waals surface area contributed by atoms with E-state index in [1.54, 1.807) is 12.5 Å². The van der Waals surface area contributed by atoms with Crippen LogP contribution >= 0.6 is 0 Å². The van der Waals surface area contributed by atoms with Crippen LogP contribution in [-0.2, 0) is 33.7 Å². The number of hydrogen-bond donors (Lipinski definition) is 1. The van der Waals surface area contributed by atoms with E-state index in [1.165, 1.54) is 7.11 Å². The van der Waals surface area contributed by atoms with Gasteiger partial charge in [-0.25, -0.2) is 0 Å². The number of methoxy groups -OCH3 is 1. The lowest BCUT2D eigenvalue weighted by molar-refractivity contribution is -0.139. The van der Waals surface area contributed by atoms with E-state index in [0.717, 1.165) is 16.7 Å². The van der Waals surface area contributed by atoms with Crippen molar-refractivity contribution in [1.82, 2.24) is 5.32 Å². The smallest absolute Gasteiger partial charge is 0.309 e. The summed E-state index contributed by atoms with van der Waals surface area (Å²) in [5.41, 5.74) is 2.79. The first-order valence-corrected chi connectivity index (χ1v) is 7.10. The maximum Gasteiger partial charge on any atom is 0.309 e. The van der Waals surface area contributed by atoms with Gasteiger partial charge in [-0.05, 0) is 29.2 Å². The Morgan fingerprint density at radius 3 is 2.64 bits per heavy atom. The molecule has 1 aromatic heterocycles. The second-order valence-corrected chi connectivity index (χ2v) is 4.93. The molecule has 0 fully saturated rings. The van der Waals surface area contributed by atoms with E-state index in [9.17, 15) is 9.59 Å². The number of rotatable bonds is 7. The lowest BCUT2D eigenvalue weighted by Gasteiger charge is -2.10. The number of furan rings is 1. The zero-order valence-corrected chi connectivity index (χ0v) is 12.5. The summed E-state index contributed by atoms with van der Waals surface area (Å²) in [7, 11) is 1.36. The number of hydrogen-bond acceptors (Lipinski definition) is 4. The SMILES string of the molecule is COC(=O)Cc1ccccc1CNC(=O)CCc1ccoc1. The molecule has 22 heavy (non-hydrogen) atoms. The summed E-state index contributed by atoms with van der Waals surface area (Å²) in [6.07, 6.45) is 4.48. The van der Waals surface area contributed by atoms with Crippen LogP contribution in [0.25, 0.3) is 0 Å². The van der Waals surface area contributed by atoms with Crippen LogP contribution < -0.4 is 5.32 Å². The zero-order valence-electron chi connectivity index (χ0n) is 12.5. The van der Waals surface area contributed by atoms with Crippen molar-refractivity contribution in [2.24, 2.45) is 0 Å². The van der Waals surface area contributed by atoms with Gasteiger partial charge in [-0.3, -0.25) is 9.59 Å². The molecule has 0 atom stereocenters. The molecule has 0 aliphatic rings. The summed E-state index contributed by atoms with van der Waals surface area (Å²) in [6, 6.07) is 9.35. The van der Waals surface area contributed by atoms with E-state index in [1.807, 2.05) is 30.3 Å². The highest BCUT2D eigenvalue weighted by Gasteiger charge is 2.09. The Balaban J connectivity index is 1.85. The van der Waals surface area contributed by atoms with Crippen LogP contribution in [-0.4, -0.2) is 19.0 Å². The number of esters is 1. The summed E-state index contributed by atoms with van der Waals surface area (Å²) in [5, 5.41) is 2.87. The summed E-state index contributed by atoms with van der Waals surface area (Å²) in [4.78, 5) is 23.3. The van der Waals surface area contributed by atoms with Gasteiger partial charge in [0.2, 0.25) is 5.91 Å². The fourth-order valence-electron chi connectivity index (χ4n) is 2.11. The van der Waals surface area contributed by atoms with Gasteiger partial charge in [0.25, 0.3) is 0 Å². The first-order chi connectivity index (χ1) is 10.7. The molecule has 0 spiro atoms. The minimum absolute atomic E-state index is 0.0333. The number of amides is 1. The highest BCUT2D eigenvalue weighted by Crippen LogP contribution is 2.10. The Kier molecular flexibility index (Phi) is 5.77. The lowest BCUT2D eigenvalue weighted by atomic mass is 10.0. The Bertz CT molecular complexity index is 619. The average Bonchev–Trinajstić information content (AvgIpc) is 3.05. The second kappa shape index (κ2) is 8.02. The van der Waals surface area contributed by atoms with Gasteiger partial charge in [-0.2, -0.15) is 0 Å². The zero-order chi connectivity index (χ0) is 15.8. The second-order valence-electron chi connectivity index (χ2n) is 4.93. The summed E-state index contributed by atoms with van der Waals surface area (Å²) in [5.74, 6) is -0.326. The van der Waals surface area contributed by atoms with E-state index in [4.69, 9.17) is 4.42 Å². The predicted molar refractivity (Wildman–Crippen MR) is 81.0 cm³/mol. The fraction of sp³-hybridized carbons (Fsp3) is 0.294. The fourth-order valence-corrected chi connectivity index (χ4v) is 2.11. The van der Waals surface area contributed by atoms with Crippen LogP contribution in [0.4, 0.5) is 0 Å². The van der Waals surface area contributed by atoms with Gasteiger partial charge in [-0.15, -0.1) is 0 Å². The topological polar surface area (TPSA) is 68.5 Å². The quantitative estimate of drug-likeness (QED) is 0.796. The van der Waals surface area contributed by atoms with Crippen molar-refractivity contribution in [1.29, 1.82) is 0 Å².